The third kappa shape index (κ3) is 3.71. The highest BCUT2D eigenvalue weighted by atomic mass is 79.9. The van der Waals surface area contributed by atoms with E-state index in [9.17, 15) is 0 Å². The predicted molar refractivity (Wildman–Crippen MR) is 79.3 cm³/mol. The second kappa shape index (κ2) is 6.20. The van der Waals surface area contributed by atoms with Gasteiger partial charge in [0.2, 0.25) is 5.88 Å². The van der Waals surface area contributed by atoms with Crippen molar-refractivity contribution in [3.8, 4) is 5.88 Å². The monoisotopic (exact) mass is 326 g/mol. The minimum atomic E-state index is 0.122. The lowest BCUT2D eigenvalue weighted by atomic mass is 10.3. The van der Waals surface area contributed by atoms with Crippen LogP contribution in [0.5, 0.6) is 5.88 Å². The van der Waals surface area contributed by atoms with Gasteiger partial charge >= 0.3 is 0 Å². The molecule has 0 aromatic carbocycles. The van der Waals surface area contributed by atoms with Crippen molar-refractivity contribution in [3.63, 3.8) is 0 Å². The summed E-state index contributed by atoms with van der Waals surface area (Å²) in [6.07, 6.45) is 1.86. The molecular formula is C13H15BrN2OS. The first kappa shape index (κ1) is 13.4. The van der Waals surface area contributed by atoms with E-state index in [2.05, 4.69) is 37.7 Å². The molecule has 0 radical (unpaired) electrons. The molecule has 2 rings (SSSR count). The number of hydrogen-bond acceptors (Lipinski definition) is 4. The highest BCUT2D eigenvalue weighted by Crippen LogP contribution is 2.25. The second-order valence-electron chi connectivity index (χ2n) is 4.11. The van der Waals surface area contributed by atoms with Crippen molar-refractivity contribution in [2.75, 3.05) is 5.32 Å². The summed E-state index contributed by atoms with van der Waals surface area (Å²) in [7, 11) is 0. The maximum Gasteiger partial charge on any atom is 0.237 e. The average Bonchev–Trinajstić information content (AvgIpc) is 2.73. The standard InChI is InChI=1S/C13H15BrN2OS/c1-9(2)17-13-12(4-3-5-15-13)16-7-11-6-10(14)8-18-11/h3-6,8-9,16H,7H2,1-2H3. The molecule has 0 atom stereocenters. The number of nitrogens with one attached hydrogen (secondary N) is 1. The molecule has 0 saturated heterocycles. The molecule has 1 N–H and O–H groups in total. The SMILES string of the molecule is CC(C)Oc1ncccc1NCc1cc(Br)cs1. The Morgan fingerprint density at radius 3 is 3.00 bits per heavy atom. The van der Waals surface area contributed by atoms with Crippen LogP contribution in [0.4, 0.5) is 5.69 Å². The largest absolute Gasteiger partial charge is 0.473 e. The summed E-state index contributed by atoms with van der Waals surface area (Å²) in [5, 5.41) is 5.43. The van der Waals surface area contributed by atoms with Crippen molar-refractivity contribution in [1.29, 1.82) is 0 Å². The van der Waals surface area contributed by atoms with E-state index in [4.69, 9.17) is 4.74 Å². The molecule has 0 aliphatic rings. The normalized spacial score (nSPS) is 10.7. The van der Waals surface area contributed by atoms with Gasteiger partial charge in [-0.15, -0.1) is 11.3 Å². The first-order valence-electron chi connectivity index (χ1n) is 5.73. The Morgan fingerprint density at radius 2 is 2.33 bits per heavy atom. The third-order valence-corrected chi connectivity index (χ3v) is 3.89. The minimum absolute atomic E-state index is 0.122. The molecule has 18 heavy (non-hydrogen) atoms. The lowest BCUT2D eigenvalue weighted by molar-refractivity contribution is 0.234. The van der Waals surface area contributed by atoms with Gasteiger partial charge in [-0.2, -0.15) is 0 Å². The van der Waals surface area contributed by atoms with Gasteiger partial charge in [-0.25, -0.2) is 4.98 Å². The van der Waals surface area contributed by atoms with Crippen molar-refractivity contribution in [1.82, 2.24) is 4.98 Å². The molecule has 96 valence electrons. The maximum absolute atomic E-state index is 5.66. The van der Waals surface area contributed by atoms with Crippen LogP contribution in [-0.4, -0.2) is 11.1 Å². The highest BCUT2D eigenvalue weighted by molar-refractivity contribution is 9.10. The molecule has 0 fully saturated rings. The van der Waals surface area contributed by atoms with Gasteiger partial charge in [-0.05, 0) is 48.0 Å². The van der Waals surface area contributed by atoms with E-state index < -0.39 is 0 Å². The summed E-state index contributed by atoms with van der Waals surface area (Å²) in [5.41, 5.74) is 0.927. The van der Waals surface area contributed by atoms with Crippen LogP contribution in [0, 0.1) is 0 Å². The molecular weight excluding hydrogens is 312 g/mol. The molecule has 3 nitrogen and oxygen atoms in total. The van der Waals surface area contributed by atoms with Gasteiger partial charge in [-0.1, -0.05) is 0 Å². The quantitative estimate of drug-likeness (QED) is 0.889. The van der Waals surface area contributed by atoms with Crippen LogP contribution in [0.15, 0.2) is 34.2 Å². The summed E-state index contributed by atoms with van der Waals surface area (Å²) in [6.45, 7) is 4.76. The summed E-state index contributed by atoms with van der Waals surface area (Å²) >= 11 is 5.17. The van der Waals surface area contributed by atoms with E-state index in [-0.39, 0.29) is 6.10 Å². The molecule has 0 aliphatic heterocycles. The number of hydrogen-bond donors (Lipinski definition) is 1. The van der Waals surface area contributed by atoms with Crippen LogP contribution in [0.1, 0.15) is 18.7 Å². The Hall–Kier alpha value is -1.07. The first-order valence-corrected chi connectivity index (χ1v) is 7.41. The van der Waals surface area contributed by atoms with Gasteiger partial charge < -0.3 is 10.1 Å². The number of anilines is 1. The predicted octanol–water partition coefficient (Wildman–Crippen LogP) is 4.30. The molecule has 0 spiro atoms. The van der Waals surface area contributed by atoms with Crippen LogP contribution in [-0.2, 0) is 6.54 Å². The summed E-state index contributed by atoms with van der Waals surface area (Å²) in [5.74, 6) is 0.656. The number of nitrogens with zero attached hydrogens (tertiary/aromatic N) is 1. The van der Waals surface area contributed by atoms with Crippen LogP contribution in [0.2, 0.25) is 0 Å². The number of aromatic nitrogens is 1. The molecule has 2 aromatic heterocycles. The number of ether oxygens (including phenoxy) is 1. The second-order valence-corrected chi connectivity index (χ2v) is 6.02. The van der Waals surface area contributed by atoms with E-state index >= 15 is 0 Å². The van der Waals surface area contributed by atoms with Crippen LogP contribution >= 0.6 is 27.3 Å². The number of rotatable bonds is 5. The fraction of sp³-hybridized carbons (Fsp3) is 0.308. The molecule has 0 unspecified atom stereocenters. The molecule has 2 aromatic rings. The van der Waals surface area contributed by atoms with Crippen LogP contribution < -0.4 is 10.1 Å². The van der Waals surface area contributed by atoms with Gasteiger partial charge in [-0.3, -0.25) is 0 Å². The van der Waals surface area contributed by atoms with Crippen LogP contribution in [0.25, 0.3) is 0 Å². The Bertz CT molecular complexity index is 513. The highest BCUT2D eigenvalue weighted by Gasteiger charge is 2.06. The average molecular weight is 327 g/mol. The molecule has 0 bridgehead atoms. The van der Waals surface area contributed by atoms with Crippen molar-refractivity contribution in [3.05, 3.63) is 39.1 Å². The smallest absolute Gasteiger partial charge is 0.237 e. The lowest BCUT2D eigenvalue weighted by Gasteiger charge is -2.13. The first-order chi connectivity index (χ1) is 8.65. The fourth-order valence-corrected chi connectivity index (χ4v) is 2.86. The lowest BCUT2D eigenvalue weighted by Crippen LogP contribution is -2.09. The van der Waals surface area contributed by atoms with Gasteiger partial charge in [0, 0.05) is 27.5 Å². The number of halogens is 1. The summed E-state index contributed by atoms with van der Waals surface area (Å²) in [4.78, 5) is 5.51. The van der Waals surface area contributed by atoms with Crippen molar-refractivity contribution in [2.45, 2.75) is 26.5 Å². The number of thiophene rings is 1. The van der Waals surface area contributed by atoms with Gasteiger partial charge in [0.05, 0.1) is 11.8 Å². The fourth-order valence-electron chi connectivity index (χ4n) is 1.47. The topological polar surface area (TPSA) is 34.1 Å². The zero-order chi connectivity index (χ0) is 13.0. The minimum Gasteiger partial charge on any atom is -0.473 e. The zero-order valence-electron chi connectivity index (χ0n) is 10.3. The van der Waals surface area contributed by atoms with Gasteiger partial charge in [0.1, 0.15) is 0 Å². The third-order valence-electron chi connectivity index (χ3n) is 2.19. The van der Waals surface area contributed by atoms with Gasteiger partial charge in [0.25, 0.3) is 0 Å². The molecule has 2 heterocycles. The van der Waals surface area contributed by atoms with E-state index in [0.717, 1.165) is 16.7 Å². The van der Waals surface area contributed by atoms with E-state index in [1.165, 1.54) is 4.88 Å². The molecule has 0 saturated carbocycles. The maximum atomic E-state index is 5.66. The Balaban J connectivity index is 2.04. The number of pyridine rings is 1. The Morgan fingerprint density at radius 1 is 1.50 bits per heavy atom. The van der Waals surface area contributed by atoms with Crippen LogP contribution in [0.3, 0.4) is 0 Å². The molecule has 0 amide bonds. The van der Waals surface area contributed by atoms with Crippen molar-refractivity contribution >= 4 is 33.0 Å². The van der Waals surface area contributed by atoms with Gasteiger partial charge in [0.15, 0.2) is 0 Å². The Kier molecular flexibility index (Phi) is 4.60. The molecule has 5 heteroatoms. The van der Waals surface area contributed by atoms with E-state index in [1.54, 1.807) is 17.5 Å². The van der Waals surface area contributed by atoms with Crippen molar-refractivity contribution in [2.24, 2.45) is 0 Å². The zero-order valence-corrected chi connectivity index (χ0v) is 12.7. The summed E-state index contributed by atoms with van der Waals surface area (Å²) < 4.78 is 6.78. The van der Waals surface area contributed by atoms with E-state index in [1.807, 2.05) is 26.0 Å². The van der Waals surface area contributed by atoms with Crippen molar-refractivity contribution < 1.29 is 4.74 Å². The van der Waals surface area contributed by atoms with E-state index in [0.29, 0.717) is 5.88 Å². The summed E-state index contributed by atoms with van der Waals surface area (Å²) in [6, 6.07) is 5.99. The molecule has 0 aliphatic carbocycles. The Labute approximate surface area is 119 Å².